The van der Waals surface area contributed by atoms with Gasteiger partial charge in [0.05, 0.1) is 0 Å². The summed E-state index contributed by atoms with van der Waals surface area (Å²) in [6, 6.07) is 0. The predicted molar refractivity (Wildman–Crippen MR) is 27.4 cm³/mol. The van der Waals surface area contributed by atoms with E-state index in [1.165, 1.54) is 0 Å². The Morgan fingerprint density at radius 2 is 1.25 bits per heavy atom. The summed E-state index contributed by atoms with van der Waals surface area (Å²) in [5, 5.41) is 21.1. The molecule has 2 radical (unpaired) electrons. The molecule has 0 saturated heterocycles. The summed E-state index contributed by atoms with van der Waals surface area (Å²) in [5.41, 5.74) is 0. The monoisotopic (exact) mass is 114 g/mol. The lowest BCUT2D eigenvalue weighted by atomic mass is 9.95. The van der Waals surface area contributed by atoms with E-state index >= 15 is 0 Å². The molecule has 0 aromatic carbocycles. The summed E-state index contributed by atoms with van der Waals surface area (Å²) in [6.45, 7) is 0. The highest BCUT2D eigenvalue weighted by Gasteiger charge is 2.22. The Hall–Kier alpha value is -0.0800. The molecule has 1 fully saturated rings. The summed E-state index contributed by atoms with van der Waals surface area (Å²) < 4.78 is 0. The fourth-order valence-corrected chi connectivity index (χ4v) is 1.06. The lowest BCUT2D eigenvalue weighted by Crippen LogP contribution is -2.26. The van der Waals surface area contributed by atoms with E-state index in [0.29, 0.717) is 12.8 Å². The highest BCUT2D eigenvalue weighted by molar-refractivity contribution is 4.71. The Morgan fingerprint density at radius 1 is 0.875 bits per heavy atom. The zero-order valence-corrected chi connectivity index (χ0v) is 4.80. The van der Waals surface area contributed by atoms with E-state index in [0.717, 1.165) is 12.8 Å². The van der Waals surface area contributed by atoms with Crippen molar-refractivity contribution in [2.24, 2.45) is 0 Å². The van der Waals surface area contributed by atoms with Crippen LogP contribution in [0.3, 0.4) is 0 Å². The molecule has 2 atom stereocenters. The Kier molecular flexibility index (Phi) is 1.86. The average Bonchev–Trinajstić information content (AvgIpc) is 1.77. The van der Waals surface area contributed by atoms with E-state index in [-0.39, 0.29) is 0 Å². The van der Waals surface area contributed by atoms with Gasteiger partial charge < -0.3 is 0 Å². The Morgan fingerprint density at radius 3 is 1.50 bits per heavy atom. The Bertz CT molecular complexity index is 62.9. The first-order valence-electron chi connectivity index (χ1n) is 3.12. The normalized spacial score (nSPS) is 39.8. The standard InChI is InChI=1S/C6H10O2/c7-5-3-1-2-4-6(5)8/h5-6H,1-4H2/t5-,6-/m1/s1. The van der Waals surface area contributed by atoms with E-state index in [9.17, 15) is 10.2 Å². The fraction of sp³-hybridized carbons (Fsp3) is 1.00. The summed E-state index contributed by atoms with van der Waals surface area (Å²) in [7, 11) is 0. The molecule has 0 aliphatic heterocycles. The van der Waals surface area contributed by atoms with Crippen LogP contribution < -0.4 is 0 Å². The van der Waals surface area contributed by atoms with Gasteiger partial charge >= 0.3 is 0 Å². The molecule has 1 aliphatic rings. The first-order valence-corrected chi connectivity index (χ1v) is 3.12. The average molecular weight is 114 g/mol. The first kappa shape index (κ1) is 6.05. The van der Waals surface area contributed by atoms with Crippen molar-refractivity contribution in [3.63, 3.8) is 0 Å². The highest BCUT2D eigenvalue weighted by atomic mass is 16.3. The number of hydrogen-bond acceptors (Lipinski definition) is 0. The van der Waals surface area contributed by atoms with Crippen LogP contribution in [0.15, 0.2) is 0 Å². The van der Waals surface area contributed by atoms with E-state index in [1.54, 1.807) is 0 Å². The molecule has 2 heteroatoms. The lowest BCUT2D eigenvalue weighted by molar-refractivity contribution is -0.0813. The summed E-state index contributed by atoms with van der Waals surface area (Å²) in [5.74, 6) is 0. The number of rotatable bonds is 0. The van der Waals surface area contributed by atoms with Gasteiger partial charge in [-0.2, -0.15) is 0 Å². The molecule has 2 nitrogen and oxygen atoms in total. The summed E-state index contributed by atoms with van der Waals surface area (Å²) >= 11 is 0. The minimum atomic E-state index is -0.802. The molecule has 1 saturated carbocycles. The Balaban J connectivity index is 2.28. The summed E-state index contributed by atoms with van der Waals surface area (Å²) in [6.07, 6.45) is 1.54. The van der Waals surface area contributed by atoms with Gasteiger partial charge in [-0.1, -0.05) is 12.8 Å². The van der Waals surface area contributed by atoms with E-state index in [2.05, 4.69) is 0 Å². The smallest absolute Gasteiger partial charge is 0.122 e. The third kappa shape index (κ3) is 1.20. The second kappa shape index (κ2) is 2.46. The van der Waals surface area contributed by atoms with Crippen molar-refractivity contribution in [3.8, 4) is 0 Å². The van der Waals surface area contributed by atoms with Gasteiger partial charge in [-0.3, -0.25) is 0 Å². The molecule has 1 rings (SSSR count). The van der Waals surface area contributed by atoms with Gasteiger partial charge in [-0.05, 0) is 12.8 Å². The quantitative estimate of drug-likeness (QED) is 0.453. The second-order valence-corrected chi connectivity index (χ2v) is 2.36. The van der Waals surface area contributed by atoms with Crippen molar-refractivity contribution in [1.82, 2.24) is 0 Å². The van der Waals surface area contributed by atoms with Crippen molar-refractivity contribution in [3.05, 3.63) is 0 Å². The zero-order chi connectivity index (χ0) is 5.98. The molecule has 46 valence electrons. The predicted octanol–water partition coefficient (Wildman–Crippen LogP) is 1.16. The lowest BCUT2D eigenvalue weighted by Gasteiger charge is -2.18. The van der Waals surface area contributed by atoms with Crippen LogP contribution in [0.4, 0.5) is 0 Å². The second-order valence-electron chi connectivity index (χ2n) is 2.36. The highest BCUT2D eigenvalue weighted by Crippen LogP contribution is 2.18. The van der Waals surface area contributed by atoms with Gasteiger partial charge in [0, 0.05) is 0 Å². The molecule has 0 heterocycles. The summed E-state index contributed by atoms with van der Waals surface area (Å²) in [4.78, 5) is 0. The van der Waals surface area contributed by atoms with Crippen molar-refractivity contribution in [2.75, 3.05) is 0 Å². The Labute approximate surface area is 49.1 Å². The van der Waals surface area contributed by atoms with Crippen molar-refractivity contribution in [2.45, 2.75) is 37.9 Å². The molecule has 8 heavy (non-hydrogen) atoms. The first-order chi connectivity index (χ1) is 3.80. The molecular weight excluding hydrogens is 104 g/mol. The number of hydrogen-bond donors (Lipinski definition) is 0. The van der Waals surface area contributed by atoms with Crippen LogP contribution >= 0.6 is 0 Å². The minimum Gasteiger partial charge on any atom is -0.230 e. The molecule has 0 amide bonds. The maximum absolute atomic E-state index is 10.6. The van der Waals surface area contributed by atoms with Gasteiger partial charge in [0.2, 0.25) is 0 Å². The van der Waals surface area contributed by atoms with Crippen LogP contribution in [0.25, 0.3) is 0 Å². The maximum atomic E-state index is 10.6. The third-order valence-electron chi connectivity index (χ3n) is 1.64. The minimum absolute atomic E-state index is 0.605. The van der Waals surface area contributed by atoms with Crippen LogP contribution in [0.5, 0.6) is 0 Å². The van der Waals surface area contributed by atoms with Crippen LogP contribution in [0.1, 0.15) is 25.7 Å². The van der Waals surface area contributed by atoms with Crippen LogP contribution in [-0.2, 0) is 10.2 Å². The molecule has 0 N–H and O–H groups in total. The van der Waals surface area contributed by atoms with Gasteiger partial charge in [-0.15, -0.1) is 0 Å². The van der Waals surface area contributed by atoms with Gasteiger partial charge in [-0.25, -0.2) is 10.2 Å². The van der Waals surface area contributed by atoms with Gasteiger partial charge in [0.1, 0.15) is 12.2 Å². The molecule has 0 aromatic heterocycles. The largest absolute Gasteiger partial charge is 0.230 e. The van der Waals surface area contributed by atoms with Gasteiger partial charge in [0.25, 0.3) is 0 Å². The van der Waals surface area contributed by atoms with E-state index < -0.39 is 12.2 Å². The third-order valence-corrected chi connectivity index (χ3v) is 1.64. The van der Waals surface area contributed by atoms with Gasteiger partial charge in [0.15, 0.2) is 0 Å². The molecular formula is C6H10O2. The zero-order valence-electron chi connectivity index (χ0n) is 4.80. The SMILES string of the molecule is [O][C@@H]1CCCC[C@H]1[O]. The maximum Gasteiger partial charge on any atom is 0.122 e. The van der Waals surface area contributed by atoms with E-state index in [4.69, 9.17) is 0 Å². The van der Waals surface area contributed by atoms with Crippen LogP contribution in [0, 0.1) is 0 Å². The molecule has 1 aliphatic carbocycles. The van der Waals surface area contributed by atoms with Crippen LogP contribution in [-0.4, -0.2) is 12.2 Å². The fourth-order valence-electron chi connectivity index (χ4n) is 1.06. The van der Waals surface area contributed by atoms with Crippen molar-refractivity contribution >= 4 is 0 Å². The van der Waals surface area contributed by atoms with E-state index in [1.807, 2.05) is 0 Å². The molecule has 0 aromatic rings. The van der Waals surface area contributed by atoms with Crippen molar-refractivity contribution in [1.29, 1.82) is 0 Å². The molecule has 0 unspecified atom stereocenters. The topological polar surface area (TPSA) is 39.8 Å². The molecule has 0 bridgehead atoms. The van der Waals surface area contributed by atoms with Crippen molar-refractivity contribution < 1.29 is 10.2 Å². The molecule has 0 spiro atoms. The van der Waals surface area contributed by atoms with Crippen LogP contribution in [0.2, 0.25) is 0 Å².